The molecule has 1 aliphatic heterocycles. The van der Waals surface area contributed by atoms with Crippen LogP contribution in [0.25, 0.3) is 0 Å². The second kappa shape index (κ2) is 5.63. The van der Waals surface area contributed by atoms with Gasteiger partial charge >= 0.3 is 0 Å². The lowest BCUT2D eigenvalue weighted by atomic mass is 9.90. The molecule has 2 heteroatoms. The molecular formula is C18H20OS. The first-order chi connectivity index (χ1) is 9.66. The van der Waals surface area contributed by atoms with Gasteiger partial charge in [0.15, 0.2) is 0 Å². The van der Waals surface area contributed by atoms with Gasteiger partial charge in [-0.1, -0.05) is 56.3 Å². The zero-order valence-electron chi connectivity index (χ0n) is 11.9. The number of aliphatic hydroxyl groups excluding tert-OH is 1. The molecule has 20 heavy (non-hydrogen) atoms. The van der Waals surface area contributed by atoms with E-state index in [2.05, 4.69) is 62.4 Å². The molecule has 0 saturated carbocycles. The Morgan fingerprint density at radius 2 is 1.65 bits per heavy atom. The summed E-state index contributed by atoms with van der Waals surface area (Å²) >= 11 is 1.85. The molecule has 0 aliphatic carbocycles. The Bertz CT molecular complexity index is 589. The van der Waals surface area contributed by atoms with Crippen LogP contribution in [0.5, 0.6) is 0 Å². The number of thioether (sulfide) groups is 1. The molecule has 1 N–H and O–H groups in total. The number of aliphatic hydroxyl groups is 1. The van der Waals surface area contributed by atoms with E-state index in [-0.39, 0.29) is 5.92 Å². The quantitative estimate of drug-likeness (QED) is 0.879. The molecule has 2 aromatic rings. The smallest absolute Gasteiger partial charge is 0.0867 e. The average Bonchev–Trinajstić information content (AvgIpc) is 2.90. The maximum absolute atomic E-state index is 10.7. The van der Waals surface area contributed by atoms with E-state index < -0.39 is 6.10 Å². The first kappa shape index (κ1) is 13.7. The van der Waals surface area contributed by atoms with Gasteiger partial charge < -0.3 is 5.11 Å². The summed E-state index contributed by atoms with van der Waals surface area (Å²) in [6.45, 7) is 4.38. The van der Waals surface area contributed by atoms with Crippen LogP contribution in [-0.4, -0.2) is 10.9 Å². The lowest BCUT2D eigenvalue weighted by Gasteiger charge is -2.19. The predicted octanol–water partition coefficient (Wildman–Crippen LogP) is 4.73. The summed E-state index contributed by atoms with van der Waals surface area (Å²) in [6, 6.07) is 16.8. The van der Waals surface area contributed by atoms with Gasteiger partial charge in [0.2, 0.25) is 0 Å². The lowest BCUT2D eigenvalue weighted by Crippen LogP contribution is -2.10. The summed E-state index contributed by atoms with van der Waals surface area (Å²) in [4.78, 5) is 1.32. The number of hydrogen-bond acceptors (Lipinski definition) is 2. The SMILES string of the molecule is CC(C)c1ccc(C(O)C2CSc3ccccc32)cc1. The number of benzene rings is 2. The zero-order valence-corrected chi connectivity index (χ0v) is 12.7. The third-order valence-corrected chi connectivity index (χ3v) is 5.27. The summed E-state index contributed by atoms with van der Waals surface area (Å²) in [5, 5.41) is 10.7. The highest BCUT2D eigenvalue weighted by atomic mass is 32.2. The molecule has 0 bridgehead atoms. The number of fused-ring (bicyclic) bond motifs is 1. The Hall–Kier alpha value is -1.25. The Morgan fingerprint density at radius 1 is 1.00 bits per heavy atom. The van der Waals surface area contributed by atoms with Crippen LogP contribution in [-0.2, 0) is 0 Å². The Morgan fingerprint density at radius 3 is 2.35 bits per heavy atom. The summed E-state index contributed by atoms with van der Waals surface area (Å²) in [7, 11) is 0. The first-order valence-electron chi connectivity index (χ1n) is 7.16. The molecule has 0 saturated heterocycles. The third-order valence-electron chi connectivity index (χ3n) is 4.06. The van der Waals surface area contributed by atoms with Crippen LogP contribution < -0.4 is 0 Å². The largest absolute Gasteiger partial charge is 0.388 e. The van der Waals surface area contributed by atoms with Crippen molar-refractivity contribution in [1.82, 2.24) is 0 Å². The van der Waals surface area contributed by atoms with Gasteiger partial charge in [-0.25, -0.2) is 0 Å². The molecule has 2 unspecified atom stereocenters. The van der Waals surface area contributed by atoms with E-state index in [1.807, 2.05) is 11.8 Å². The Kier molecular flexibility index (Phi) is 3.86. The minimum atomic E-state index is -0.410. The van der Waals surface area contributed by atoms with Crippen LogP contribution in [0.15, 0.2) is 53.4 Å². The van der Waals surface area contributed by atoms with Gasteiger partial charge in [0.1, 0.15) is 0 Å². The first-order valence-corrected chi connectivity index (χ1v) is 8.15. The van der Waals surface area contributed by atoms with Crippen LogP contribution in [0.1, 0.15) is 48.5 Å². The highest BCUT2D eigenvalue weighted by Crippen LogP contribution is 2.45. The van der Waals surface area contributed by atoms with Gasteiger partial charge in [-0.05, 0) is 28.7 Å². The van der Waals surface area contributed by atoms with Gasteiger partial charge in [0.05, 0.1) is 6.10 Å². The molecule has 3 rings (SSSR count). The van der Waals surface area contributed by atoms with Crippen molar-refractivity contribution in [3.63, 3.8) is 0 Å². The van der Waals surface area contributed by atoms with E-state index in [4.69, 9.17) is 0 Å². The standard InChI is InChI=1S/C18H20OS/c1-12(2)13-7-9-14(10-8-13)18(19)16-11-20-17-6-4-3-5-15(16)17/h3-10,12,16,18-19H,11H2,1-2H3. The Labute approximate surface area is 125 Å². The summed E-state index contributed by atoms with van der Waals surface area (Å²) < 4.78 is 0. The van der Waals surface area contributed by atoms with Crippen LogP contribution in [0.2, 0.25) is 0 Å². The molecule has 2 aromatic carbocycles. The van der Waals surface area contributed by atoms with Gasteiger partial charge in [-0.2, -0.15) is 0 Å². The monoisotopic (exact) mass is 284 g/mol. The van der Waals surface area contributed by atoms with Crippen LogP contribution in [0.4, 0.5) is 0 Å². The predicted molar refractivity (Wildman–Crippen MR) is 85.4 cm³/mol. The molecular weight excluding hydrogens is 264 g/mol. The summed E-state index contributed by atoms with van der Waals surface area (Å²) in [6.07, 6.45) is -0.410. The minimum Gasteiger partial charge on any atom is -0.388 e. The van der Waals surface area contributed by atoms with Crippen LogP contribution in [0.3, 0.4) is 0 Å². The van der Waals surface area contributed by atoms with Crippen molar-refractivity contribution >= 4 is 11.8 Å². The fraction of sp³-hybridized carbons (Fsp3) is 0.333. The van der Waals surface area contributed by atoms with E-state index in [1.165, 1.54) is 16.0 Å². The van der Waals surface area contributed by atoms with Gasteiger partial charge in [0.25, 0.3) is 0 Å². The van der Waals surface area contributed by atoms with E-state index in [0.717, 1.165) is 11.3 Å². The summed E-state index contributed by atoms with van der Waals surface area (Å²) in [5.74, 6) is 1.71. The molecule has 0 aromatic heterocycles. The van der Waals surface area contributed by atoms with Gasteiger partial charge in [-0.15, -0.1) is 11.8 Å². The molecule has 1 nitrogen and oxygen atoms in total. The van der Waals surface area contributed by atoms with Crippen molar-refractivity contribution in [2.45, 2.75) is 36.7 Å². The minimum absolute atomic E-state index is 0.209. The molecule has 0 spiro atoms. The van der Waals surface area contributed by atoms with Gasteiger partial charge in [0, 0.05) is 16.6 Å². The van der Waals surface area contributed by atoms with Crippen molar-refractivity contribution in [3.8, 4) is 0 Å². The molecule has 1 aliphatic rings. The highest BCUT2D eigenvalue weighted by Gasteiger charge is 2.29. The molecule has 0 amide bonds. The fourth-order valence-electron chi connectivity index (χ4n) is 2.76. The van der Waals surface area contributed by atoms with E-state index in [0.29, 0.717) is 5.92 Å². The van der Waals surface area contributed by atoms with E-state index in [9.17, 15) is 5.11 Å². The van der Waals surface area contributed by atoms with Crippen molar-refractivity contribution in [2.75, 3.05) is 5.75 Å². The second-order valence-electron chi connectivity index (χ2n) is 5.72. The average molecular weight is 284 g/mol. The van der Waals surface area contributed by atoms with Crippen molar-refractivity contribution < 1.29 is 5.11 Å². The summed E-state index contributed by atoms with van der Waals surface area (Å²) in [5.41, 5.74) is 3.64. The van der Waals surface area contributed by atoms with Crippen LogP contribution in [0, 0.1) is 0 Å². The number of rotatable bonds is 3. The molecule has 104 valence electrons. The van der Waals surface area contributed by atoms with Crippen molar-refractivity contribution in [1.29, 1.82) is 0 Å². The molecule has 1 heterocycles. The van der Waals surface area contributed by atoms with Crippen LogP contribution >= 0.6 is 11.8 Å². The van der Waals surface area contributed by atoms with Crippen molar-refractivity contribution in [2.24, 2.45) is 0 Å². The highest BCUT2D eigenvalue weighted by molar-refractivity contribution is 7.99. The molecule has 0 fully saturated rings. The molecule has 2 atom stereocenters. The topological polar surface area (TPSA) is 20.2 Å². The van der Waals surface area contributed by atoms with E-state index >= 15 is 0 Å². The maximum Gasteiger partial charge on any atom is 0.0867 e. The maximum atomic E-state index is 10.7. The number of hydrogen-bond donors (Lipinski definition) is 1. The van der Waals surface area contributed by atoms with Crippen molar-refractivity contribution in [3.05, 3.63) is 65.2 Å². The van der Waals surface area contributed by atoms with Gasteiger partial charge in [-0.3, -0.25) is 0 Å². The zero-order chi connectivity index (χ0) is 14.1. The fourth-order valence-corrected chi connectivity index (χ4v) is 4.04. The molecule has 0 radical (unpaired) electrons. The normalized spacial score (nSPS) is 19.1. The van der Waals surface area contributed by atoms with E-state index in [1.54, 1.807) is 0 Å². The lowest BCUT2D eigenvalue weighted by molar-refractivity contribution is 0.154. The second-order valence-corrected chi connectivity index (χ2v) is 6.78. The third kappa shape index (κ3) is 2.50. The Balaban J connectivity index is 1.85.